The summed E-state index contributed by atoms with van der Waals surface area (Å²) in [4.78, 5) is 20.1. The van der Waals surface area contributed by atoms with Gasteiger partial charge in [-0.25, -0.2) is 15.0 Å². The minimum Gasteiger partial charge on any atom is -0.456 e. The fourth-order valence-corrected chi connectivity index (χ4v) is 7.80. The van der Waals surface area contributed by atoms with Crippen LogP contribution in [-0.2, 0) is 0 Å². The fourth-order valence-electron chi connectivity index (χ4n) is 7.80. The summed E-state index contributed by atoms with van der Waals surface area (Å²) in [7, 11) is 0. The predicted molar refractivity (Wildman–Crippen MR) is 233 cm³/mol. The summed E-state index contributed by atoms with van der Waals surface area (Å²) in [6.45, 7) is 0. The van der Waals surface area contributed by atoms with Gasteiger partial charge in [0.1, 0.15) is 11.2 Å². The van der Waals surface area contributed by atoms with Gasteiger partial charge in [0.25, 0.3) is 0 Å². The third-order valence-corrected chi connectivity index (χ3v) is 10.7. The molecule has 0 spiro atoms. The molecule has 7 aromatic carbocycles. The molecule has 0 bridgehead atoms. The van der Waals surface area contributed by atoms with E-state index in [1.807, 2.05) is 48.7 Å². The Labute approximate surface area is 328 Å². The summed E-state index contributed by atoms with van der Waals surface area (Å²) in [6.07, 6.45) is 1.82. The quantitative estimate of drug-likeness (QED) is 0.160. The molecule has 0 aliphatic rings. The van der Waals surface area contributed by atoms with Crippen LogP contribution >= 0.6 is 0 Å². The maximum atomic E-state index is 6.32. The Hall–Kier alpha value is -7.76. The highest BCUT2D eigenvalue weighted by Crippen LogP contribution is 2.37. The van der Waals surface area contributed by atoms with Crippen LogP contribution < -0.4 is 0 Å². The zero-order valence-electron chi connectivity index (χ0n) is 30.7. The van der Waals surface area contributed by atoms with Gasteiger partial charge in [0.05, 0.1) is 28.1 Å². The molecule has 5 heteroatoms. The van der Waals surface area contributed by atoms with E-state index in [2.05, 4.69) is 151 Å². The summed E-state index contributed by atoms with van der Waals surface area (Å²) in [5, 5.41) is 4.37. The summed E-state index contributed by atoms with van der Waals surface area (Å²) in [6, 6.07) is 65.1. The molecule has 0 amide bonds. The van der Waals surface area contributed by atoms with Crippen molar-refractivity contribution in [2.24, 2.45) is 0 Å². The zero-order chi connectivity index (χ0) is 37.7. The molecule has 0 unspecified atom stereocenters. The number of pyridine rings is 2. The second kappa shape index (κ2) is 13.5. The highest BCUT2D eigenvalue weighted by atomic mass is 16.3. The lowest BCUT2D eigenvalue weighted by Gasteiger charge is -2.13. The van der Waals surface area contributed by atoms with Crippen molar-refractivity contribution in [3.63, 3.8) is 0 Å². The summed E-state index contributed by atoms with van der Waals surface area (Å²) >= 11 is 0. The summed E-state index contributed by atoms with van der Waals surface area (Å²) < 4.78 is 6.32. The Morgan fingerprint density at radius 1 is 0.316 bits per heavy atom. The molecule has 4 aromatic heterocycles. The van der Waals surface area contributed by atoms with E-state index in [9.17, 15) is 0 Å². The van der Waals surface area contributed by atoms with Gasteiger partial charge in [-0.2, -0.15) is 0 Å². The van der Waals surface area contributed by atoms with Crippen molar-refractivity contribution in [2.45, 2.75) is 0 Å². The van der Waals surface area contributed by atoms with Gasteiger partial charge in [-0.05, 0) is 76.9 Å². The minimum absolute atomic E-state index is 0.665. The number of hydrogen-bond acceptors (Lipinski definition) is 5. The Morgan fingerprint density at radius 3 is 1.70 bits per heavy atom. The number of nitrogens with zero attached hydrogens (tertiary/aromatic N) is 4. The number of furan rings is 1. The molecule has 266 valence electrons. The average Bonchev–Trinajstić information content (AvgIpc) is 3.67. The van der Waals surface area contributed by atoms with Crippen LogP contribution in [0.5, 0.6) is 0 Å². The van der Waals surface area contributed by atoms with Crippen LogP contribution in [0.3, 0.4) is 0 Å². The normalized spacial score (nSPS) is 11.5. The Kier molecular flexibility index (Phi) is 7.74. The molecule has 0 atom stereocenters. The van der Waals surface area contributed by atoms with Crippen LogP contribution in [0, 0.1) is 0 Å². The van der Waals surface area contributed by atoms with Crippen molar-refractivity contribution in [1.29, 1.82) is 0 Å². The first-order valence-electron chi connectivity index (χ1n) is 19.0. The van der Waals surface area contributed by atoms with E-state index >= 15 is 0 Å². The first-order valence-corrected chi connectivity index (χ1v) is 19.0. The molecule has 57 heavy (non-hydrogen) atoms. The number of para-hydroxylation sites is 1. The molecule has 4 heterocycles. The maximum absolute atomic E-state index is 6.32. The monoisotopic (exact) mass is 728 g/mol. The molecule has 0 aliphatic heterocycles. The fraction of sp³-hybridized carbons (Fsp3) is 0. The predicted octanol–water partition coefficient (Wildman–Crippen LogP) is 13.5. The zero-order valence-corrected chi connectivity index (χ0v) is 30.7. The SMILES string of the molecule is c1ccc(-c2cc(-c3ccc4c(c3)oc3ccccc34)cc(-c3cc(-c4ccc(-c5ccc6ccc7cccnc7c6n5)cc4)nc(-c4ccccc4)n3)c2)cc1. The van der Waals surface area contributed by atoms with E-state index in [1.165, 1.54) is 0 Å². The number of benzene rings is 7. The molecule has 0 fully saturated rings. The molecule has 0 radical (unpaired) electrons. The molecule has 5 nitrogen and oxygen atoms in total. The molecular formula is C52H32N4O. The smallest absolute Gasteiger partial charge is 0.160 e. The Balaban J connectivity index is 1.04. The lowest BCUT2D eigenvalue weighted by atomic mass is 9.94. The van der Waals surface area contributed by atoms with Gasteiger partial charge in [0.2, 0.25) is 0 Å². The van der Waals surface area contributed by atoms with Gasteiger partial charge in [-0.15, -0.1) is 0 Å². The van der Waals surface area contributed by atoms with Crippen LogP contribution in [0.1, 0.15) is 0 Å². The van der Waals surface area contributed by atoms with Crippen LogP contribution in [-0.4, -0.2) is 19.9 Å². The Bertz CT molecular complexity index is 3280. The van der Waals surface area contributed by atoms with Gasteiger partial charge in [-0.1, -0.05) is 133 Å². The van der Waals surface area contributed by atoms with Gasteiger partial charge in [-0.3, -0.25) is 4.98 Å². The van der Waals surface area contributed by atoms with Crippen molar-refractivity contribution in [3.05, 3.63) is 194 Å². The van der Waals surface area contributed by atoms with E-state index in [0.29, 0.717) is 5.82 Å². The van der Waals surface area contributed by atoms with E-state index in [1.54, 1.807) is 0 Å². The molecule has 0 aliphatic carbocycles. The number of fused-ring (bicyclic) bond motifs is 6. The third kappa shape index (κ3) is 5.99. The van der Waals surface area contributed by atoms with E-state index in [4.69, 9.17) is 19.4 Å². The topological polar surface area (TPSA) is 64.7 Å². The third-order valence-electron chi connectivity index (χ3n) is 10.7. The van der Waals surface area contributed by atoms with Crippen LogP contribution in [0.25, 0.3) is 111 Å². The Morgan fingerprint density at radius 2 is 0.912 bits per heavy atom. The van der Waals surface area contributed by atoms with Gasteiger partial charge < -0.3 is 4.42 Å². The summed E-state index contributed by atoms with van der Waals surface area (Å²) in [5.41, 5.74) is 14.5. The van der Waals surface area contributed by atoms with Crippen LogP contribution in [0.2, 0.25) is 0 Å². The highest BCUT2D eigenvalue weighted by Gasteiger charge is 2.16. The van der Waals surface area contributed by atoms with Gasteiger partial charge in [0, 0.05) is 50.0 Å². The van der Waals surface area contributed by atoms with E-state index in [0.717, 1.165) is 105 Å². The molecule has 11 aromatic rings. The maximum Gasteiger partial charge on any atom is 0.160 e. The van der Waals surface area contributed by atoms with Crippen molar-refractivity contribution in [1.82, 2.24) is 19.9 Å². The number of hydrogen-bond donors (Lipinski definition) is 0. The standard InChI is InChI=1S/C52H32N4O/c1-3-10-33(11-4-1)40-28-41(39-23-25-44-43-15-7-8-16-48(43)57-49(44)31-39)30-42(29-40)47-32-46(55-52(56-47)38-12-5-2-6-13-38)35-19-17-34(18-20-35)45-26-24-37-22-21-36-14-9-27-53-50(36)51(37)54-45/h1-32H. The molecule has 11 rings (SSSR count). The first kappa shape index (κ1) is 32.7. The van der Waals surface area contributed by atoms with Crippen LogP contribution in [0.15, 0.2) is 199 Å². The van der Waals surface area contributed by atoms with Crippen molar-refractivity contribution in [2.75, 3.05) is 0 Å². The minimum atomic E-state index is 0.665. The number of aromatic nitrogens is 4. The highest BCUT2D eigenvalue weighted by molar-refractivity contribution is 6.06. The number of rotatable bonds is 6. The summed E-state index contributed by atoms with van der Waals surface area (Å²) in [5.74, 6) is 0.665. The van der Waals surface area contributed by atoms with Gasteiger partial charge in [0.15, 0.2) is 5.82 Å². The van der Waals surface area contributed by atoms with Crippen LogP contribution in [0.4, 0.5) is 0 Å². The molecular weight excluding hydrogens is 697 g/mol. The van der Waals surface area contributed by atoms with Crippen molar-refractivity contribution >= 4 is 43.7 Å². The van der Waals surface area contributed by atoms with Crippen molar-refractivity contribution in [3.8, 4) is 67.4 Å². The molecule has 0 N–H and O–H groups in total. The van der Waals surface area contributed by atoms with E-state index in [-0.39, 0.29) is 0 Å². The van der Waals surface area contributed by atoms with Crippen molar-refractivity contribution < 1.29 is 4.42 Å². The second-order valence-corrected chi connectivity index (χ2v) is 14.3. The molecule has 0 saturated carbocycles. The largest absolute Gasteiger partial charge is 0.456 e. The van der Waals surface area contributed by atoms with Gasteiger partial charge >= 0.3 is 0 Å². The lowest BCUT2D eigenvalue weighted by molar-refractivity contribution is 0.669. The van der Waals surface area contributed by atoms with E-state index < -0.39 is 0 Å². The average molecular weight is 729 g/mol. The molecule has 0 saturated heterocycles. The second-order valence-electron chi connectivity index (χ2n) is 14.3. The first-order chi connectivity index (χ1) is 28.2. The lowest BCUT2D eigenvalue weighted by Crippen LogP contribution is -1.96.